The van der Waals surface area contributed by atoms with Crippen LogP contribution in [0.15, 0.2) is 24.3 Å². The number of halogens is 1. The molecule has 0 radical (unpaired) electrons. The van der Waals surface area contributed by atoms with E-state index in [0.29, 0.717) is 11.8 Å². The highest BCUT2D eigenvalue weighted by atomic mass is 19.1. The molecule has 2 aliphatic carbocycles. The summed E-state index contributed by atoms with van der Waals surface area (Å²) in [7, 11) is 0. The van der Waals surface area contributed by atoms with Crippen molar-refractivity contribution < 1.29 is 14.0 Å². The highest BCUT2D eigenvalue weighted by Gasteiger charge is 2.39. The van der Waals surface area contributed by atoms with Gasteiger partial charge in [-0.2, -0.15) is 0 Å². The summed E-state index contributed by atoms with van der Waals surface area (Å²) in [6, 6.07) is 5.90. The Bertz CT molecular complexity index is 623. The van der Waals surface area contributed by atoms with Crippen molar-refractivity contribution in [1.29, 1.82) is 0 Å². The number of urea groups is 1. The standard InChI is InChI=1S/C19H27FN4O2/c20-15-6-4-12(5-7-15)10-22-19(26)23-11-17(25)24-18-13-2-1-3-14(18)9-16(21)8-13/h4-7,13-14,16,18H,1-3,8-11,21H2,(H,24,25)(H2,22,23,26). The van der Waals surface area contributed by atoms with Gasteiger partial charge >= 0.3 is 6.03 Å². The first-order chi connectivity index (χ1) is 12.5. The zero-order valence-corrected chi connectivity index (χ0v) is 14.8. The Morgan fingerprint density at radius 2 is 1.73 bits per heavy atom. The van der Waals surface area contributed by atoms with Crippen molar-refractivity contribution in [2.45, 2.75) is 50.7 Å². The number of benzene rings is 1. The van der Waals surface area contributed by atoms with Crippen molar-refractivity contribution in [2.75, 3.05) is 6.54 Å². The molecule has 0 spiro atoms. The fourth-order valence-electron chi connectivity index (χ4n) is 4.27. The molecule has 2 saturated carbocycles. The Morgan fingerprint density at radius 1 is 1.08 bits per heavy atom. The van der Waals surface area contributed by atoms with Crippen LogP contribution in [0.5, 0.6) is 0 Å². The van der Waals surface area contributed by atoms with E-state index in [1.54, 1.807) is 12.1 Å². The summed E-state index contributed by atoms with van der Waals surface area (Å²) in [5.41, 5.74) is 6.90. The Hall–Kier alpha value is -2.15. The predicted molar refractivity (Wildman–Crippen MR) is 96.6 cm³/mol. The van der Waals surface area contributed by atoms with Crippen LogP contribution < -0.4 is 21.7 Å². The summed E-state index contributed by atoms with van der Waals surface area (Å²) in [6.07, 6.45) is 5.36. The molecule has 0 aromatic heterocycles. The molecule has 1 aromatic rings. The molecule has 2 atom stereocenters. The van der Waals surface area contributed by atoms with Gasteiger partial charge < -0.3 is 21.7 Å². The third-order valence-electron chi connectivity index (χ3n) is 5.48. The molecule has 3 amide bonds. The summed E-state index contributed by atoms with van der Waals surface area (Å²) >= 11 is 0. The lowest BCUT2D eigenvalue weighted by atomic mass is 9.67. The smallest absolute Gasteiger partial charge is 0.315 e. The van der Waals surface area contributed by atoms with Gasteiger partial charge in [0.15, 0.2) is 0 Å². The first-order valence-corrected chi connectivity index (χ1v) is 9.32. The zero-order chi connectivity index (χ0) is 18.5. The van der Waals surface area contributed by atoms with Gasteiger partial charge in [-0.15, -0.1) is 0 Å². The van der Waals surface area contributed by atoms with Gasteiger partial charge in [0.05, 0.1) is 6.54 Å². The third kappa shape index (κ3) is 4.94. The molecule has 0 heterocycles. The van der Waals surface area contributed by atoms with Crippen LogP contribution in [0.1, 0.15) is 37.7 Å². The van der Waals surface area contributed by atoms with Crippen LogP contribution in [0.4, 0.5) is 9.18 Å². The molecule has 2 fully saturated rings. The number of fused-ring (bicyclic) bond motifs is 2. The summed E-state index contributed by atoms with van der Waals surface area (Å²) < 4.78 is 12.8. The Balaban J connectivity index is 1.39. The second kappa shape index (κ2) is 8.49. The number of hydrogen-bond acceptors (Lipinski definition) is 3. The van der Waals surface area contributed by atoms with Crippen LogP contribution in [0.3, 0.4) is 0 Å². The summed E-state index contributed by atoms with van der Waals surface area (Å²) in [4.78, 5) is 24.0. The maximum absolute atomic E-state index is 12.8. The first kappa shape index (κ1) is 18.6. The van der Waals surface area contributed by atoms with E-state index in [1.807, 2.05) is 0 Å². The summed E-state index contributed by atoms with van der Waals surface area (Å²) in [5.74, 6) is 0.421. The van der Waals surface area contributed by atoms with E-state index in [9.17, 15) is 14.0 Å². The van der Waals surface area contributed by atoms with Crippen molar-refractivity contribution >= 4 is 11.9 Å². The van der Waals surface area contributed by atoms with Gasteiger partial charge in [-0.25, -0.2) is 9.18 Å². The normalized spacial score (nSPS) is 27.5. The van der Waals surface area contributed by atoms with Gasteiger partial charge in [0.25, 0.3) is 0 Å². The Morgan fingerprint density at radius 3 is 2.38 bits per heavy atom. The zero-order valence-electron chi connectivity index (χ0n) is 14.8. The fraction of sp³-hybridized carbons (Fsp3) is 0.579. The van der Waals surface area contributed by atoms with E-state index in [0.717, 1.165) is 31.2 Å². The minimum absolute atomic E-state index is 0.0583. The SMILES string of the molecule is NC1CC2CCCC(C1)C2NC(=O)CNC(=O)NCc1ccc(F)cc1. The fourth-order valence-corrected chi connectivity index (χ4v) is 4.27. The number of carbonyl (C=O) groups excluding carboxylic acids is 2. The molecular weight excluding hydrogens is 335 g/mol. The highest BCUT2D eigenvalue weighted by molar-refractivity contribution is 5.84. The molecule has 2 aliphatic rings. The molecule has 6 nitrogen and oxygen atoms in total. The van der Waals surface area contributed by atoms with E-state index in [-0.39, 0.29) is 36.9 Å². The van der Waals surface area contributed by atoms with E-state index >= 15 is 0 Å². The molecule has 2 unspecified atom stereocenters. The van der Waals surface area contributed by atoms with Crippen molar-refractivity contribution in [3.8, 4) is 0 Å². The minimum atomic E-state index is -0.421. The lowest BCUT2D eigenvalue weighted by Crippen LogP contribution is -2.55. The highest BCUT2D eigenvalue weighted by Crippen LogP contribution is 2.39. The van der Waals surface area contributed by atoms with Crippen LogP contribution in [-0.4, -0.2) is 30.6 Å². The maximum Gasteiger partial charge on any atom is 0.315 e. The van der Waals surface area contributed by atoms with Crippen LogP contribution in [0.25, 0.3) is 0 Å². The van der Waals surface area contributed by atoms with Crippen molar-refractivity contribution in [3.05, 3.63) is 35.6 Å². The van der Waals surface area contributed by atoms with Crippen molar-refractivity contribution in [1.82, 2.24) is 16.0 Å². The second-order valence-corrected chi connectivity index (χ2v) is 7.44. The molecule has 0 aliphatic heterocycles. The number of nitrogens with two attached hydrogens (primary N) is 1. The van der Waals surface area contributed by atoms with E-state index in [1.165, 1.54) is 18.6 Å². The third-order valence-corrected chi connectivity index (χ3v) is 5.48. The Kier molecular flexibility index (Phi) is 6.08. The number of nitrogens with one attached hydrogen (secondary N) is 3. The number of rotatable bonds is 5. The van der Waals surface area contributed by atoms with Gasteiger partial charge in [0, 0.05) is 18.6 Å². The van der Waals surface area contributed by atoms with E-state index in [2.05, 4.69) is 16.0 Å². The second-order valence-electron chi connectivity index (χ2n) is 7.44. The molecule has 3 rings (SSSR count). The predicted octanol–water partition coefficient (Wildman–Crippen LogP) is 1.65. The van der Waals surface area contributed by atoms with Crippen LogP contribution in [0.2, 0.25) is 0 Å². The molecule has 5 N–H and O–H groups in total. The van der Waals surface area contributed by atoms with Gasteiger partial charge in [0.1, 0.15) is 5.82 Å². The van der Waals surface area contributed by atoms with Crippen LogP contribution >= 0.6 is 0 Å². The first-order valence-electron chi connectivity index (χ1n) is 9.32. The number of hydrogen-bond donors (Lipinski definition) is 4. The quantitative estimate of drug-likeness (QED) is 0.641. The van der Waals surface area contributed by atoms with Crippen molar-refractivity contribution in [2.24, 2.45) is 17.6 Å². The molecule has 26 heavy (non-hydrogen) atoms. The summed E-state index contributed by atoms with van der Waals surface area (Å²) in [5, 5.41) is 8.32. The number of carbonyl (C=O) groups is 2. The lowest BCUT2D eigenvalue weighted by Gasteiger charge is -2.45. The topological polar surface area (TPSA) is 96.2 Å². The maximum atomic E-state index is 12.8. The van der Waals surface area contributed by atoms with Gasteiger partial charge in [-0.3, -0.25) is 4.79 Å². The average molecular weight is 362 g/mol. The molecule has 7 heteroatoms. The van der Waals surface area contributed by atoms with E-state index in [4.69, 9.17) is 5.73 Å². The van der Waals surface area contributed by atoms with Gasteiger partial charge in [0.2, 0.25) is 5.91 Å². The monoisotopic (exact) mass is 362 g/mol. The van der Waals surface area contributed by atoms with Crippen LogP contribution in [0, 0.1) is 17.7 Å². The number of amides is 3. The largest absolute Gasteiger partial charge is 0.351 e. The molecule has 1 aromatic carbocycles. The molecule has 2 bridgehead atoms. The van der Waals surface area contributed by atoms with E-state index < -0.39 is 6.03 Å². The molecule has 0 saturated heterocycles. The molecule has 142 valence electrons. The van der Waals surface area contributed by atoms with Crippen molar-refractivity contribution in [3.63, 3.8) is 0 Å². The lowest BCUT2D eigenvalue weighted by molar-refractivity contribution is -0.122. The summed E-state index contributed by atoms with van der Waals surface area (Å²) in [6.45, 7) is 0.218. The minimum Gasteiger partial charge on any atom is -0.351 e. The van der Waals surface area contributed by atoms with Crippen LogP contribution in [-0.2, 0) is 11.3 Å². The molecular formula is C19H27FN4O2. The Labute approximate surface area is 153 Å². The van der Waals surface area contributed by atoms with Gasteiger partial charge in [-0.1, -0.05) is 18.6 Å². The average Bonchev–Trinajstić information content (AvgIpc) is 2.60. The van der Waals surface area contributed by atoms with Gasteiger partial charge in [-0.05, 0) is 55.2 Å².